The van der Waals surface area contributed by atoms with Crippen molar-refractivity contribution in [3.8, 4) is 5.75 Å². The molecule has 0 spiro atoms. The van der Waals surface area contributed by atoms with Crippen LogP contribution in [0.2, 0.25) is 0 Å². The summed E-state index contributed by atoms with van der Waals surface area (Å²) in [5, 5.41) is 3.57. The molecule has 0 radical (unpaired) electrons. The van der Waals surface area contributed by atoms with E-state index in [2.05, 4.69) is 23.7 Å². The van der Waals surface area contributed by atoms with Gasteiger partial charge in [0.2, 0.25) is 0 Å². The van der Waals surface area contributed by atoms with E-state index in [0.29, 0.717) is 17.5 Å². The summed E-state index contributed by atoms with van der Waals surface area (Å²) in [6.07, 6.45) is 0.121. The molecule has 0 aliphatic carbocycles. The maximum Gasteiger partial charge on any atom is 0.409 e. The fourth-order valence-corrected chi connectivity index (χ4v) is 1.43. The third-order valence-corrected chi connectivity index (χ3v) is 2.15. The molecule has 0 atom stereocenters. The molecule has 6 heteroatoms. The Labute approximate surface area is 117 Å². The molecule has 6 nitrogen and oxygen atoms in total. The highest BCUT2D eigenvalue weighted by atomic mass is 16.5. The predicted molar refractivity (Wildman–Crippen MR) is 76.1 cm³/mol. The van der Waals surface area contributed by atoms with Gasteiger partial charge in [-0.3, -0.25) is 0 Å². The Morgan fingerprint density at radius 2 is 2.00 bits per heavy atom. The van der Waals surface area contributed by atoms with E-state index in [0.717, 1.165) is 12.2 Å². The lowest BCUT2D eigenvalue weighted by Gasteiger charge is -1.96. The molecule has 20 heavy (non-hydrogen) atoms. The number of carbonyl (C=O) groups excluding carboxylic acids is 1. The lowest BCUT2D eigenvalue weighted by molar-refractivity contribution is 0.211. The van der Waals surface area contributed by atoms with Gasteiger partial charge in [0.15, 0.2) is 5.82 Å². The normalized spacial score (nSPS) is 9.75. The molecular formula is C14H19N3O3. The lowest BCUT2D eigenvalue weighted by atomic mass is 10.1. The van der Waals surface area contributed by atoms with Gasteiger partial charge in [0, 0.05) is 12.5 Å². The van der Waals surface area contributed by atoms with E-state index in [-0.39, 0.29) is 0 Å². The molecule has 0 aliphatic heterocycles. The second-order valence-electron chi connectivity index (χ2n) is 4.55. The van der Waals surface area contributed by atoms with Gasteiger partial charge in [-0.15, -0.1) is 0 Å². The zero-order valence-electron chi connectivity index (χ0n) is 11.6. The summed E-state index contributed by atoms with van der Waals surface area (Å²) in [5.41, 5.74) is 10.1. The van der Waals surface area contributed by atoms with E-state index in [1.807, 2.05) is 6.07 Å². The highest BCUT2D eigenvalue weighted by Gasteiger charge is 2.02. The van der Waals surface area contributed by atoms with Gasteiger partial charge in [0.05, 0.1) is 0 Å². The molecule has 0 unspecified atom stereocenters. The van der Waals surface area contributed by atoms with E-state index >= 15 is 0 Å². The molecule has 2 rings (SSSR count). The van der Waals surface area contributed by atoms with Gasteiger partial charge >= 0.3 is 6.09 Å². The van der Waals surface area contributed by atoms with Crippen molar-refractivity contribution in [1.29, 1.82) is 0 Å². The first-order valence-electron chi connectivity index (χ1n) is 6.20. The van der Waals surface area contributed by atoms with E-state index in [1.54, 1.807) is 30.3 Å². The SMILES string of the molecule is CC(C)Cc1cc(N)no1.NC(=O)Oc1ccccc1. The van der Waals surface area contributed by atoms with Crippen LogP contribution in [0.5, 0.6) is 5.75 Å². The monoisotopic (exact) mass is 277 g/mol. The minimum Gasteiger partial charge on any atom is -0.411 e. The summed E-state index contributed by atoms with van der Waals surface area (Å²) in [7, 11) is 0. The van der Waals surface area contributed by atoms with Crippen molar-refractivity contribution in [2.45, 2.75) is 20.3 Å². The largest absolute Gasteiger partial charge is 0.411 e. The molecule has 1 aromatic carbocycles. The van der Waals surface area contributed by atoms with Crippen LogP contribution in [0, 0.1) is 5.92 Å². The van der Waals surface area contributed by atoms with Gasteiger partial charge in [0.25, 0.3) is 0 Å². The number of nitrogens with zero attached hydrogens (tertiary/aromatic N) is 1. The van der Waals surface area contributed by atoms with Crippen LogP contribution in [0.4, 0.5) is 10.6 Å². The second-order valence-corrected chi connectivity index (χ2v) is 4.55. The molecule has 0 bridgehead atoms. The second kappa shape index (κ2) is 7.83. The van der Waals surface area contributed by atoms with Gasteiger partial charge < -0.3 is 20.7 Å². The summed E-state index contributed by atoms with van der Waals surface area (Å²) in [4.78, 5) is 10.2. The summed E-state index contributed by atoms with van der Waals surface area (Å²) >= 11 is 0. The number of hydrogen-bond acceptors (Lipinski definition) is 5. The Bertz CT molecular complexity index is 523. The summed E-state index contributed by atoms with van der Waals surface area (Å²) in [6, 6.07) is 10.4. The number of anilines is 1. The van der Waals surface area contributed by atoms with Gasteiger partial charge in [-0.25, -0.2) is 4.79 Å². The molecule has 0 aliphatic rings. The Kier molecular flexibility index (Phi) is 6.09. The maximum atomic E-state index is 10.2. The zero-order chi connectivity index (χ0) is 15.0. The first kappa shape index (κ1) is 15.6. The van der Waals surface area contributed by atoms with Gasteiger partial charge in [-0.2, -0.15) is 0 Å². The van der Waals surface area contributed by atoms with Crippen LogP contribution in [-0.2, 0) is 6.42 Å². The van der Waals surface area contributed by atoms with E-state index in [9.17, 15) is 4.79 Å². The van der Waals surface area contributed by atoms with Crippen molar-refractivity contribution in [2.24, 2.45) is 11.7 Å². The molecule has 2 aromatic rings. The molecule has 0 saturated carbocycles. The smallest absolute Gasteiger partial charge is 0.409 e. The number of rotatable bonds is 3. The van der Waals surface area contributed by atoms with Crippen LogP contribution in [0.3, 0.4) is 0 Å². The molecule has 1 aromatic heterocycles. The van der Waals surface area contributed by atoms with E-state index in [1.165, 1.54) is 0 Å². The Hall–Kier alpha value is -2.50. The molecular weight excluding hydrogens is 258 g/mol. The molecule has 0 saturated heterocycles. The third-order valence-electron chi connectivity index (χ3n) is 2.15. The standard InChI is InChI=1S/C7H12N2O.C7H7NO2/c1-5(2)3-6-4-7(8)9-10-6;8-7(9)10-6-4-2-1-3-5-6/h4-5H,3H2,1-2H3,(H2,8,9);1-5H,(H2,8,9). The zero-order valence-corrected chi connectivity index (χ0v) is 11.6. The number of nitrogen functional groups attached to an aromatic ring is 1. The molecule has 108 valence electrons. The lowest BCUT2D eigenvalue weighted by Crippen LogP contribution is -2.15. The number of carbonyl (C=O) groups is 1. The number of nitrogens with two attached hydrogens (primary N) is 2. The highest BCUT2D eigenvalue weighted by molar-refractivity contribution is 5.67. The minimum atomic E-state index is -0.786. The van der Waals surface area contributed by atoms with E-state index in [4.69, 9.17) is 16.0 Å². The number of para-hydroxylation sites is 1. The van der Waals surface area contributed by atoms with Crippen LogP contribution < -0.4 is 16.2 Å². The first-order valence-corrected chi connectivity index (χ1v) is 6.20. The number of amides is 1. The summed E-state index contributed by atoms with van der Waals surface area (Å²) < 4.78 is 9.45. The van der Waals surface area contributed by atoms with Gasteiger partial charge in [0.1, 0.15) is 11.5 Å². The number of primary amides is 1. The average molecular weight is 277 g/mol. The third kappa shape index (κ3) is 6.44. The Morgan fingerprint density at radius 1 is 1.35 bits per heavy atom. The van der Waals surface area contributed by atoms with Crippen LogP contribution in [0.1, 0.15) is 19.6 Å². The van der Waals surface area contributed by atoms with E-state index < -0.39 is 6.09 Å². The number of ether oxygens (including phenoxy) is 1. The molecule has 1 amide bonds. The fraction of sp³-hybridized carbons (Fsp3) is 0.286. The van der Waals surface area contributed by atoms with Crippen molar-refractivity contribution >= 4 is 11.9 Å². The molecule has 4 N–H and O–H groups in total. The number of benzene rings is 1. The average Bonchev–Trinajstić information content (AvgIpc) is 2.75. The van der Waals surface area contributed by atoms with Crippen molar-refractivity contribution in [3.63, 3.8) is 0 Å². The van der Waals surface area contributed by atoms with Gasteiger partial charge in [-0.1, -0.05) is 37.2 Å². The van der Waals surface area contributed by atoms with Crippen LogP contribution in [0.15, 0.2) is 40.9 Å². The molecule has 0 fully saturated rings. The van der Waals surface area contributed by atoms with Crippen molar-refractivity contribution in [2.75, 3.05) is 5.73 Å². The van der Waals surface area contributed by atoms with Crippen molar-refractivity contribution < 1.29 is 14.1 Å². The number of aromatic nitrogens is 1. The minimum absolute atomic E-state index is 0.468. The van der Waals surface area contributed by atoms with Crippen molar-refractivity contribution in [1.82, 2.24) is 5.16 Å². The highest BCUT2D eigenvalue weighted by Crippen LogP contribution is 2.10. The Balaban J connectivity index is 0.000000200. The van der Waals surface area contributed by atoms with Gasteiger partial charge in [-0.05, 0) is 18.1 Å². The van der Waals surface area contributed by atoms with Crippen LogP contribution >= 0.6 is 0 Å². The summed E-state index contributed by atoms with van der Waals surface area (Å²) in [6.45, 7) is 4.25. The van der Waals surface area contributed by atoms with Crippen LogP contribution in [-0.4, -0.2) is 11.2 Å². The topological polar surface area (TPSA) is 104 Å². The Morgan fingerprint density at radius 3 is 2.45 bits per heavy atom. The molecule has 1 heterocycles. The van der Waals surface area contributed by atoms with Crippen LogP contribution in [0.25, 0.3) is 0 Å². The maximum absolute atomic E-state index is 10.2. The quantitative estimate of drug-likeness (QED) is 0.897. The first-order chi connectivity index (χ1) is 9.47. The fourth-order valence-electron chi connectivity index (χ4n) is 1.43. The van der Waals surface area contributed by atoms with Crippen molar-refractivity contribution in [3.05, 3.63) is 42.2 Å². The summed E-state index contributed by atoms with van der Waals surface area (Å²) in [5.74, 6) is 2.39. The predicted octanol–water partition coefficient (Wildman–Crippen LogP) is 2.60. The number of hydrogen-bond donors (Lipinski definition) is 2.